The molecule has 0 heterocycles. The van der Waals surface area contributed by atoms with Crippen LogP contribution in [0.4, 0.5) is 10.1 Å². The maximum absolute atomic E-state index is 13.3. The third-order valence-electron chi connectivity index (χ3n) is 3.71. The molecule has 1 aromatic carbocycles. The highest BCUT2D eigenvalue weighted by molar-refractivity contribution is 5.95. The van der Waals surface area contributed by atoms with Crippen LogP contribution in [0.2, 0.25) is 0 Å². The van der Waals surface area contributed by atoms with E-state index in [9.17, 15) is 9.18 Å². The van der Waals surface area contributed by atoms with Gasteiger partial charge in [-0.1, -0.05) is 0 Å². The summed E-state index contributed by atoms with van der Waals surface area (Å²) in [6.07, 6.45) is 4.27. The van der Waals surface area contributed by atoms with E-state index >= 15 is 0 Å². The van der Waals surface area contributed by atoms with Crippen LogP contribution in [0, 0.1) is 5.82 Å². The maximum Gasteiger partial charge on any atom is 0.340 e. The first kappa shape index (κ1) is 14.8. The van der Waals surface area contributed by atoms with Crippen molar-refractivity contribution in [2.75, 3.05) is 19.5 Å². The zero-order chi connectivity index (χ0) is 14.5. The minimum atomic E-state index is -0.536. The Labute approximate surface area is 118 Å². The van der Waals surface area contributed by atoms with Crippen molar-refractivity contribution in [1.82, 2.24) is 0 Å². The summed E-state index contributed by atoms with van der Waals surface area (Å²) in [5, 5.41) is 3.31. The van der Waals surface area contributed by atoms with Gasteiger partial charge in [-0.3, -0.25) is 0 Å². The molecular weight excluding hydrogens is 261 g/mol. The van der Waals surface area contributed by atoms with E-state index in [0.717, 1.165) is 25.7 Å². The fraction of sp³-hybridized carbons (Fsp3) is 0.533. The highest BCUT2D eigenvalue weighted by atomic mass is 19.1. The van der Waals surface area contributed by atoms with Gasteiger partial charge in [-0.15, -0.1) is 0 Å². The number of benzene rings is 1. The first-order chi connectivity index (χ1) is 9.63. The lowest BCUT2D eigenvalue weighted by molar-refractivity contribution is 0.0600. The molecule has 4 nitrogen and oxygen atoms in total. The van der Waals surface area contributed by atoms with Crippen LogP contribution in [0.1, 0.15) is 36.0 Å². The second-order valence-electron chi connectivity index (χ2n) is 5.05. The maximum atomic E-state index is 13.3. The molecule has 1 N–H and O–H groups in total. The molecule has 2 rings (SSSR count). The van der Waals surface area contributed by atoms with Gasteiger partial charge in [-0.2, -0.15) is 0 Å². The summed E-state index contributed by atoms with van der Waals surface area (Å²) < 4.78 is 23.4. The van der Waals surface area contributed by atoms with E-state index in [0.29, 0.717) is 5.69 Å². The number of hydrogen-bond acceptors (Lipinski definition) is 4. The third kappa shape index (κ3) is 3.48. The summed E-state index contributed by atoms with van der Waals surface area (Å²) in [4.78, 5) is 11.7. The van der Waals surface area contributed by atoms with Gasteiger partial charge in [0.15, 0.2) is 0 Å². The molecule has 0 aromatic heterocycles. The molecule has 1 aromatic rings. The molecule has 1 fully saturated rings. The van der Waals surface area contributed by atoms with E-state index in [4.69, 9.17) is 9.47 Å². The molecular formula is C15H20FNO3. The summed E-state index contributed by atoms with van der Waals surface area (Å²) >= 11 is 0. The van der Waals surface area contributed by atoms with Gasteiger partial charge in [0.2, 0.25) is 0 Å². The standard InChI is InChI=1S/C15H20FNO3/c1-19-12-5-3-4-11(9-12)17-14-7-6-10(16)8-13(14)15(18)20-2/h6-8,11-12,17H,3-5,9H2,1-2H3. The minimum absolute atomic E-state index is 0.225. The molecule has 0 radical (unpaired) electrons. The summed E-state index contributed by atoms with van der Waals surface area (Å²) in [6, 6.07) is 4.34. The lowest BCUT2D eigenvalue weighted by Gasteiger charge is -2.30. The number of esters is 1. The number of carbonyl (C=O) groups excluding carboxylic acids is 1. The van der Waals surface area contributed by atoms with Crippen LogP contribution in [0.3, 0.4) is 0 Å². The Kier molecular flexibility index (Phi) is 4.95. The van der Waals surface area contributed by atoms with Crippen molar-refractivity contribution < 1.29 is 18.7 Å². The van der Waals surface area contributed by atoms with Crippen LogP contribution in [-0.4, -0.2) is 32.3 Å². The molecule has 20 heavy (non-hydrogen) atoms. The molecule has 0 spiro atoms. The van der Waals surface area contributed by atoms with Gasteiger partial charge in [0.1, 0.15) is 5.82 Å². The Morgan fingerprint density at radius 3 is 2.85 bits per heavy atom. The first-order valence-electron chi connectivity index (χ1n) is 6.81. The predicted octanol–water partition coefficient (Wildman–Crippen LogP) is 2.98. The molecule has 0 aliphatic heterocycles. The van der Waals surface area contributed by atoms with E-state index < -0.39 is 11.8 Å². The van der Waals surface area contributed by atoms with Crippen molar-refractivity contribution in [3.63, 3.8) is 0 Å². The van der Waals surface area contributed by atoms with E-state index in [1.807, 2.05) is 0 Å². The van der Waals surface area contributed by atoms with Gasteiger partial charge in [0.05, 0.1) is 18.8 Å². The molecule has 2 unspecified atom stereocenters. The van der Waals surface area contributed by atoms with Crippen LogP contribution >= 0.6 is 0 Å². The monoisotopic (exact) mass is 281 g/mol. The molecule has 0 saturated heterocycles. The average molecular weight is 281 g/mol. The van der Waals surface area contributed by atoms with Crippen molar-refractivity contribution in [2.45, 2.75) is 37.8 Å². The fourth-order valence-corrected chi connectivity index (χ4v) is 2.63. The molecule has 1 aliphatic carbocycles. The van der Waals surface area contributed by atoms with Gasteiger partial charge in [-0.25, -0.2) is 9.18 Å². The SMILES string of the molecule is COC(=O)c1cc(F)ccc1NC1CCCC(OC)C1. The van der Waals surface area contributed by atoms with Gasteiger partial charge in [0, 0.05) is 18.8 Å². The molecule has 0 bridgehead atoms. The zero-order valence-corrected chi connectivity index (χ0v) is 11.8. The summed E-state index contributed by atoms with van der Waals surface area (Å²) in [6.45, 7) is 0. The average Bonchev–Trinajstić information content (AvgIpc) is 2.48. The number of ether oxygens (including phenoxy) is 2. The Morgan fingerprint density at radius 1 is 1.35 bits per heavy atom. The lowest BCUT2D eigenvalue weighted by Crippen LogP contribution is -2.31. The van der Waals surface area contributed by atoms with Crippen molar-refractivity contribution >= 4 is 11.7 Å². The summed E-state index contributed by atoms with van der Waals surface area (Å²) in [5.74, 6) is -0.986. The van der Waals surface area contributed by atoms with Crippen LogP contribution in [0.5, 0.6) is 0 Å². The highest BCUT2D eigenvalue weighted by Crippen LogP contribution is 2.26. The zero-order valence-electron chi connectivity index (χ0n) is 11.8. The smallest absolute Gasteiger partial charge is 0.340 e. The van der Waals surface area contributed by atoms with Gasteiger partial charge < -0.3 is 14.8 Å². The second kappa shape index (κ2) is 6.70. The van der Waals surface area contributed by atoms with E-state index in [1.54, 1.807) is 13.2 Å². The van der Waals surface area contributed by atoms with Crippen molar-refractivity contribution in [2.24, 2.45) is 0 Å². The fourth-order valence-electron chi connectivity index (χ4n) is 2.63. The molecule has 1 saturated carbocycles. The topological polar surface area (TPSA) is 47.6 Å². The number of nitrogens with one attached hydrogen (secondary N) is 1. The number of hydrogen-bond donors (Lipinski definition) is 1. The number of halogens is 1. The Balaban J connectivity index is 2.14. The summed E-state index contributed by atoms with van der Waals surface area (Å²) in [7, 11) is 3.00. The van der Waals surface area contributed by atoms with Gasteiger partial charge in [-0.05, 0) is 43.9 Å². The number of anilines is 1. The van der Waals surface area contributed by atoms with Crippen molar-refractivity contribution in [3.8, 4) is 0 Å². The molecule has 110 valence electrons. The molecule has 2 atom stereocenters. The third-order valence-corrected chi connectivity index (χ3v) is 3.71. The van der Waals surface area contributed by atoms with Gasteiger partial charge >= 0.3 is 5.97 Å². The quantitative estimate of drug-likeness (QED) is 0.862. The minimum Gasteiger partial charge on any atom is -0.465 e. The Morgan fingerprint density at radius 2 is 2.15 bits per heavy atom. The molecule has 1 aliphatic rings. The van der Waals surface area contributed by atoms with E-state index in [2.05, 4.69) is 5.32 Å². The van der Waals surface area contributed by atoms with Crippen LogP contribution in [0.25, 0.3) is 0 Å². The van der Waals surface area contributed by atoms with Gasteiger partial charge in [0.25, 0.3) is 0 Å². The summed E-state index contributed by atoms with van der Waals surface area (Å²) in [5.41, 5.74) is 0.840. The van der Waals surface area contributed by atoms with E-state index in [1.165, 1.54) is 19.2 Å². The van der Waals surface area contributed by atoms with Crippen molar-refractivity contribution in [1.29, 1.82) is 0 Å². The second-order valence-corrected chi connectivity index (χ2v) is 5.05. The molecule has 0 amide bonds. The number of methoxy groups -OCH3 is 2. The molecule has 5 heteroatoms. The van der Waals surface area contributed by atoms with E-state index in [-0.39, 0.29) is 17.7 Å². The first-order valence-corrected chi connectivity index (χ1v) is 6.81. The highest BCUT2D eigenvalue weighted by Gasteiger charge is 2.23. The lowest BCUT2D eigenvalue weighted by atomic mass is 9.92. The van der Waals surface area contributed by atoms with Crippen molar-refractivity contribution in [3.05, 3.63) is 29.6 Å². The predicted molar refractivity (Wildman–Crippen MR) is 74.4 cm³/mol. The number of rotatable bonds is 4. The van der Waals surface area contributed by atoms with Crippen LogP contribution in [0.15, 0.2) is 18.2 Å². The number of carbonyl (C=O) groups is 1. The van der Waals surface area contributed by atoms with Crippen LogP contribution in [-0.2, 0) is 9.47 Å². The largest absolute Gasteiger partial charge is 0.465 e. The Hall–Kier alpha value is -1.62. The Bertz CT molecular complexity index is 478. The van der Waals surface area contributed by atoms with Crippen LogP contribution < -0.4 is 5.32 Å². The normalized spacial score (nSPS) is 22.4.